The molecular formula is C16H16N2O3. The molecule has 0 radical (unpaired) electrons. The number of hydrogen-bond donors (Lipinski definition) is 1. The molecule has 21 heavy (non-hydrogen) atoms. The lowest BCUT2D eigenvalue weighted by Crippen LogP contribution is -2.25. The standard InChI is InChI=1S/C16H16N2O3/c1-2-10-18-16(21)13(8-9-15(19)20)11-14(17-18)12-6-4-3-5-7-12/h3-9,11H,2,10H2,1H3,(H,19,20)/b9-8+. The summed E-state index contributed by atoms with van der Waals surface area (Å²) in [6.45, 7) is 2.45. The van der Waals surface area contributed by atoms with Crippen LogP contribution >= 0.6 is 0 Å². The van der Waals surface area contributed by atoms with Crippen molar-refractivity contribution < 1.29 is 9.90 Å². The van der Waals surface area contributed by atoms with Crippen molar-refractivity contribution in [2.24, 2.45) is 0 Å². The second-order valence-corrected chi connectivity index (χ2v) is 4.55. The highest BCUT2D eigenvalue weighted by molar-refractivity contribution is 5.85. The Bertz CT molecular complexity index is 718. The molecule has 1 N–H and O–H groups in total. The zero-order chi connectivity index (χ0) is 15.2. The molecule has 0 saturated carbocycles. The van der Waals surface area contributed by atoms with Crippen LogP contribution in [0, 0.1) is 0 Å². The Labute approximate surface area is 122 Å². The Kier molecular flexibility index (Phi) is 4.66. The van der Waals surface area contributed by atoms with Crippen molar-refractivity contribution in [1.82, 2.24) is 9.78 Å². The molecule has 0 aliphatic rings. The molecule has 5 nitrogen and oxygen atoms in total. The maximum atomic E-state index is 12.2. The quantitative estimate of drug-likeness (QED) is 0.856. The van der Waals surface area contributed by atoms with Crippen molar-refractivity contribution in [2.75, 3.05) is 0 Å². The number of aryl methyl sites for hydroxylation is 1. The van der Waals surface area contributed by atoms with E-state index in [-0.39, 0.29) is 5.56 Å². The lowest BCUT2D eigenvalue weighted by molar-refractivity contribution is -0.131. The van der Waals surface area contributed by atoms with Gasteiger partial charge in [0.1, 0.15) is 0 Å². The Morgan fingerprint density at radius 1 is 1.33 bits per heavy atom. The van der Waals surface area contributed by atoms with Crippen LogP contribution in [0.15, 0.2) is 47.3 Å². The van der Waals surface area contributed by atoms with Gasteiger partial charge in [-0.05, 0) is 18.6 Å². The third kappa shape index (κ3) is 3.66. The van der Waals surface area contributed by atoms with E-state index in [1.165, 1.54) is 10.8 Å². The Hall–Kier alpha value is -2.69. The van der Waals surface area contributed by atoms with Gasteiger partial charge in [0, 0.05) is 23.7 Å². The first-order valence-electron chi connectivity index (χ1n) is 6.70. The van der Waals surface area contributed by atoms with Crippen LogP contribution in [-0.2, 0) is 11.3 Å². The third-order valence-electron chi connectivity index (χ3n) is 2.91. The zero-order valence-electron chi connectivity index (χ0n) is 11.7. The molecule has 1 aromatic heterocycles. The first-order chi connectivity index (χ1) is 10.1. The molecule has 0 spiro atoms. The highest BCUT2D eigenvalue weighted by Crippen LogP contribution is 2.16. The molecule has 108 valence electrons. The molecule has 1 aromatic carbocycles. The van der Waals surface area contributed by atoms with Gasteiger partial charge in [-0.3, -0.25) is 4.79 Å². The van der Waals surface area contributed by atoms with Crippen molar-refractivity contribution in [1.29, 1.82) is 0 Å². The molecular weight excluding hydrogens is 268 g/mol. The SMILES string of the molecule is CCCn1nc(-c2ccccc2)cc(/C=C/C(=O)O)c1=O. The van der Waals surface area contributed by atoms with Gasteiger partial charge in [-0.1, -0.05) is 37.3 Å². The average molecular weight is 284 g/mol. The molecule has 2 rings (SSSR count). The van der Waals surface area contributed by atoms with Crippen molar-refractivity contribution in [3.63, 3.8) is 0 Å². The minimum Gasteiger partial charge on any atom is -0.478 e. The van der Waals surface area contributed by atoms with Crippen LogP contribution in [0.5, 0.6) is 0 Å². The summed E-state index contributed by atoms with van der Waals surface area (Å²) >= 11 is 0. The fourth-order valence-corrected chi connectivity index (χ4v) is 1.96. The number of nitrogens with zero attached hydrogens (tertiary/aromatic N) is 2. The summed E-state index contributed by atoms with van der Waals surface area (Å²) in [5, 5.41) is 13.1. The fraction of sp³-hybridized carbons (Fsp3) is 0.188. The van der Waals surface area contributed by atoms with E-state index in [9.17, 15) is 9.59 Å². The van der Waals surface area contributed by atoms with E-state index in [1.54, 1.807) is 6.07 Å². The number of carboxylic acids is 1. The summed E-state index contributed by atoms with van der Waals surface area (Å²) in [6.07, 6.45) is 3.04. The van der Waals surface area contributed by atoms with Gasteiger partial charge in [0.2, 0.25) is 0 Å². The molecule has 2 aromatic rings. The maximum Gasteiger partial charge on any atom is 0.328 e. The van der Waals surface area contributed by atoms with Gasteiger partial charge in [0.25, 0.3) is 5.56 Å². The van der Waals surface area contributed by atoms with Gasteiger partial charge in [-0.2, -0.15) is 5.10 Å². The van der Waals surface area contributed by atoms with Crippen LogP contribution in [0.1, 0.15) is 18.9 Å². The topological polar surface area (TPSA) is 72.2 Å². The number of carbonyl (C=O) groups is 1. The summed E-state index contributed by atoms with van der Waals surface area (Å²) in [5.41, 5.74) is 1.56. The lowest BCUT2D eigenvalue weighted by atomic mass is 10.1. The lowest BCUT2D eigenvalue weighted by Gasteiger charge is -2.08. The van der Waals surface area contributed by atoms with E-state index in [1.807, 2.05) is 37.3 Å². The monoisotopic (exact) mass is 284 g/mol. The van der Waals surface area contributed by atoms with E-state index in [0.717, 1.165) is 18.1 Å². The number of carboxylic acid groups (broad SMARTS) is 1. The van der Waals surface area contributed by atoms with Gasteiger partial charge >= 0.3 is 5.97 Å². The molecule has 0 aliphatic carbocycles. The Morgan fingerprint density at radius 2 is 2.05 bits per heavy atom. The molecule has 5 heteroatoms. The summed E-state index contributed by atoms with van der Waals surface area (Å²) in [5.74, 6) is -1.09. The first kappa shape index (κ1) is 14.7. The number of aromatic nitrogens is 2. The Balaban J connectivity index is 2.57. The first-order valence-corrected chi connectivity index (χ1v) is 6.70. The normalized spacial score (nSPS) is 10.9. The smallest absolute Gasteiger partial charge is 0.328 e. The van der Waals surface area contributed by atoms with Crippen LogP contribution in [0.25, 0.3) is 17.3 Å². The minimum absolute atomic E-state index is 0.283. The molecule has 0 bridgehead atoms. The minimum atomic E-state index is -1.09. The number of rotatable bonds is 5. The fourth-order valence-electron chi connectivity index (χ4n) is 1.96. The predicted molar refractivity (Wildman–Crippen MR) is 80.9 cm³/mol. The van der Waals surface area contributed by atoms with E-state index in [2.05, 4.69) is 5.10 Å². The molecule has 1 heterocycles. The van der Waals surface area contributed by atoms with Gasteiger partial charge in [0.15, 0.2) is 0 Å². The van der Waals surface area contributed by atoms with Crippen LogP contribution in [0.4, 0.5) is 0 Å². The summed E-state index contributed by atoms with van der Waals surface area (Å²) in [4.78, 5) is 22.8. The Morgan fingerprint density at radius 3 is 2.67 bits per heavy atom. The second kappa shape index (κ2) is 6.65. The molecule has 0 aliphatic heterocycles. The van der Waals surface area contributed by atoms with Gasteiger partial charge in [0.05, 0.1) is 5.69 Å². The van der Waals surface area contributed by atoms with Crippen molar-refractivity contribution in [3.05, 3.63) is 58.4 Å². The third-order valence-corrected chi connectivity index (χ3v) is 2.91. The number of hydrogen-bond acceptors (Lipinski definition) is 3. The highest BCUT2D eigenvalue weighted by atomic mass is 16.4. The summed E-state index contributed by atoms with van der Waals surface area (Å²) in [6, 6.07) is 11.1. The number of aliphatic carboxylic acids is 1. The number of benzene rings is 1. The largest absolute Gasteiger partial charge is 0.478 e. The molecule has 0 fully saturated rings. The summed E-state index contributed by atoms with van der Waals surface area (Å²) < 4.78 is 1.38. The van der Waals surface area contributed by atoms with Gasteiger partial charge < -0.3 is 5.11 Å². The molecule has 0 unspecified atom stereocenters. The van der Waals surface area contributed by atoms with Crippen LogP contribution in [0.2, 0.25) is 0 Å². The van der Waals surface area contributed by atoms with Crippen LogP contribution < -0.4 is 5.56 Å². The second-order valence-electron chi connectivity index (χ2n) is 4.55. The predicted octanol–water partition coefficient (Wildman–Crippen LogP) is 2.42. The van der Waals surface area contributed by atoms with E-state index < -0.39 is 5.97 Å². The van der Waals surface area contributed by atoms with Crippen molar-refractivity contribution in [2.45, 2.75) is 19.9 Å². The van der Waals surface area contributed by atoms with Crippen LogP contribution in [0.3, 0.4) is 0 Å². The van der Waals surface area contributed by atoms with E-state index in [0.29, 0.717) is 17.8 Å². The van der Waals surface area contributed by atoms with E-state index >= 15 is 0 Å². The van der Waals surface area contributed by atoms with Gasteiger partial charge in [-0.15, -0.1) is 0 Å². The molecule has 0 saturated heterocycles. The average Bonchev–Trinajstić information content (AvgIpc) is 2.49. The van der Waals surface area contributed by atoms with Crippen molar-refractivity contribution in [3.8, 4) is 11.3 Å². The highest BCUT2D eigenvalue weighted by Gasteiger charge is 2.08. The van der Waals surface area contributed by atoms with Gasteiger partial charge in [-0.25, -0.2) is 9.48 Å². The van der Waals surface area contributed by atoms with E-state index in [4.69, 9.17) is 5.11 Å². The van der Waals surface area contributed by atoms with Crippen molar-refractivity contribution >= 4 is 12.0 Å². The molecule has 0 atom stereocenters. The summed E-state index contributed by atoms with van der Waals surface area (Å²) in [7, 11) is 0. The van der Waals surface area contributed by atoms with Crippen LogP contribution in [-0.4, -0.2) is 20.9 Å². The zero-order valence-corrected chi connectivity index (χ0v) is 11.7. The maximum absolute atomic E-state index is 12.2. The molecule has 0 amide bonds.